The number of aromatic nitrogens is 4. The molecule has 4 bridgehead atoms. The Morgan fingerprint density at radius 3 is 2.71 bits per heavy atom. The molecule has 3 N–H and O–H groups in total. The zero-order valence-electron chi connectivity index (χ0n) is 19.4. The molecule has 182 valence electrons. The van der Waals surface area contributed by atoms with Gasteiger partial charge in [-0.1, -0.05) is 5.16 Å². The van der Waals surface area contributed by atoms with Crippen LogP contribution in [0.15, 0.2) is 23.0 Å². The van der Waals surface area contributed by atoms with Crippen molar-refractivity contribution < 1.29 is 19.2 Å². The number of likely N-dealkylation sites (tertiary alicyclic amines) is 1. The van der Waals surface area contributed by atoms with Crippen LogP contribution in [0.4, 0.5) is 5.69 Å². The molecule has 5 fully saturated rings. The van der Waals surface area contributed by atoms with Crippen LogP contribution in [-0.4, -0.2) is 66.5 Å². The first kappa shape index (κ1) is 21.0. The van der Waals surface area contributed by atoms with Crippen molar-refractivity contribution in [2.24, 2.45) is 17.8 Å². The molecule has 5 aliphatic rings. The average Bonchev–Trinajstić information content (AvgIpc) is 3.50. The number of Topliss-reactive ketones (excluding diaryl/α,β-unsaturated/α-hetero) is 1. The fourth-order valence-electron chi connectivity index (χ4n) is 7.23. The number of H-pyrrole nitrogens is 1. The van der Waals surface area contributed by atoms with Crippen LogP contribution >= 0.6 is 0 Å². The summed E-state index contributed by atoms with van der Waals surface area (Å²) in [5, 5.41) is 19.7. The number of carbonyl (C=O) groups is 2. The second-order valence-electron chi connectivity index (χ2n) is 10.9. The molecule has 4 aliphatic carbocycles. The van der Waals surface area contributed by atoms with Gasteiger partial charge in [0.2, 0.25) is 0 Å². The van der Waals surface area contributed by atoms with Gasteiger partial charge in [0.05, 0.1) is 16.9 Å². The van der Waals surface area contributed by atoms with Gasteiger partial charge in [0.25, 0.3) is 17.6 Å². The minimum Gasteiger partial charge on any atom is -0.390 e. The normalized spacial score (nSPS) is 31.9. The van der Waals surface area contributed by atoms with E-state index in [1.54, 1.807) is 11.1 Å². The number of rotatable bonds is 4. The number of fused-ring (bicyclic) bond motifs is 1. The molecule has 35 heavy (non-hydrogen) atoms. The minimum absolute atomic E-state index is 0.00805. The Balaban J connectivity index is 1.21. The van der Waals surface area contributed by atoms with Crippen LogP contribution in [0.5, 0.6) is 0 Å². The van der Waals surface area contributed by atoms with Crippen LogP contribution in [0.25, 0.3) is 22.5 Å². The van der Waals surface area contributed by atoms with Gasteiger partial charge in [0.1, 0.15) is 11.4 Å². The smallest absolute Gasteiger partial charge is 0.295 e. The summed E-state index contributed by atoms with van der Waals surface area (Å²) in [6.07, 6.45) is 9.18. The summed E-state index contributed by atoms with van der Waals surface area (Å²) < 4.78 is 5.57. The standard InChI is InChI=1S/C25H28N6O4/c32-16-2-5-31(6-3-16)24(33)22-29-23(35-30-22)18-12-27-21-17(1-4-26-21)20(18)28-19-14-7-13-8-15(19)11-25(34,9-13)10-14/h1,4,12-15,19,34H,2-3,5-11H2,(H2,26,27,28)/t13?,14-,15+,19+,25-. The number of hydrogen-bond acceptors (Lipinski definition) is 8. The molecule has 4 heterocycles. The quantitative estimate of drug-likeness (QED) is 0.523. The largest absolute Gasteiger partial charge is 0.390 e. The lowest BCUT2D eigenvalue weighted by Crippen LogP contribution is -2.59. The minimum atomic E-state index is -0.500. The van der Waals surface area contributed by atoms with Crippen molar-refractivity contribution in [3.05, 3.63) is 24.3 Å². The van der Waals surface area contributed by atoms with Crippen LogP contribution in [0.1, 0.15) is 55.6 Å². The van der Waals surface area contributed by atoms with Crippen LogP contribution < -0.4 is 5.32 Å². The molecule has 0 spiro atoms. The summed E-state index contributed by atoms with van der Waals surface area (Å²) >= 11 is 0. The molecule has 1 saturated heterocycles. The van der Waals surface area contributed by atoms with Gasteiger partial charge in [-0.2, -0.15) is 4.98 Å². The number of pyridine rings is 1. The Morgan fingerprint density at radius 1 is 1.20 bits per heavy atom. The van der Waals surface area contributed by atoms with Crippen LogP contribution in [-0.2, 0) is 4.79 Å². The second kappa shape index (κ2) is 7.61. The van der Waals surface area contributed by atoms with Gasteiger partial charge in [0, 0.05) is 49.8 Å². The molecule has 4 saturated carbocycles. The summed E-state index contributed by atoms with van der Waals surface area (Å²) in [6.45, 7) is 0.756. The van der Waals surface area contributed by atoms with Gasteiger partial charge in [-0.25, -0.2) is 4.98 Å². The number of carbonyl (C=O) groups excluding carboxylic acids is 2. The van der Waals surface area contributed by atoms with Gasteiger partial charge in [-0.3, -0.25) is 9.59 Å². The number of amides is 1. The molecule has 8 rings (SSSR count). The zero-order chi connectivity index (χ0) is 23.7. The molecule has 5 atom stereocenters. The Morgan fingerprint density at radius 2 is 1.97 bits per heavy atom. The summed E-state index contributed by atoms with van der Waals surface area (Å²) in [5.74, 6) is 1.53. The molecule has 0 radical (unpaired) electrons. The number of aliphatic hydroxyl groups is 1. The van der Waals surface area contributed by atoms with Gasteiger partial charge < -0.3 is 24.8 Å². The maximum absolute atomic E-state index is 12.9. The molecule has 3 aromatic heterocycles. The Labute approximate surface area is 201 Å². The van der Waals surface area contributed by atoms with Crippen molar-refractivity contribution >= 4 is 28.4 Å². The molecule has 1 unspecified atom stereocenters. The van der Waals surface area contributed by atoms with Gasteiger partial charge in [-0.15, -0.1) is 0 Å². The van der Waals surface area contributed by atoms with E-state index >= 15 is 0 Å². The summed E-state index contributed by atoms with van der Waals surface area (Å²) in [4.78, 5) is 38.2. The Kier molecular flexibility index (Phi) is 4.58. The van der Waals surface area contributed by atoms with E-state index in [4.69, 9.17) is 4.52 Å². The molecule has 10 heteroatoms. The van der Waals surface area contributed by atoms with E-state index in [1.807, 2.05) is 12.3 Å². The second-order valence-corrected chi connectivity index (χ2v) is 10.9. The van der Waals surface area contributed by atoms with E-state index in [1.165, 1.54) is 0 Å². The van der Waals surface area contributed by atoms with Gasteiger partial charge in [0.15, 0.2) is 0 Å². The fraction of sp³-hybridized carbons (Fsp3) is 0.560. The maximum Gasteiger partial charge on any atom is 0.295 e. The number of aromatic amines is 1. The fourth-order valence-corrected chi connectivity index (χ4v) is 7.23. The van der Waals surface area contributed by atoms with E-state index in [-0.39, 0.29) is 29.4 Å². The van der Waals surface area contributed by atoms with Crippen molar-refractivity contribution in [3.8, 4) is 11.5 Å². The third-order valence-corrected chi connectivity index (χ3v) is 8.59. The molecule has 0 aromatic carbocycles. The third kappa shape index (κ3) is 3.45. The monoisotopic (exact) mass is 476 g/mol. The topological polar surface area (TPSA) is 137 Å². The lowest BCUT2D eigenvalue weighted by molar-refractivity contribution is -0.129. The van der Waals surface area contributed by atoms with Crippen LogP contribution in [0, 0.1) is 17.8 Å². The number of nitrogens with one attached hydrogen (secondary N) is 2. The summed E-state index contributed by atoms with van der Waals surface area (Å²) in [6, 6.07) is 2.23. The number of piperidine rings is 1. The molecular weight excluding hydrogens is 448 g/mol. The number of anilines is 1. The first-order chi connectivity index (χ1) is 17.0. The molecule has 1 aliphatic heterocycles. The SMILES string of the molecule is O=C1CCN(C(=O)c2noc(-c3cnc4[nH]ccc4c3N[C@H]3[C@@H]4CC5C[C@H]3C[C@@](O)(C5)C4)n2)CC1. The Bertz CT molecular complexity index is 1300. The molecule has 1 amide bonds. The highest BCUT2D eigenvalue weighted by Gasteiger charge is 2.54. The predicted octanol–water partition coefficient (Wildman–Crippen LogP) is 2.77. The van der Waals surface area contributed by atoms with Crippen molar-refractivity contribution in [1.29, 1.82) is 0 Å². The lowest BCUT2D eigenvalue weighted by atomic mass is 9.52. The van der Waals surface area contributed by atoms with Crippen molar-refractivity contribution in [1.82, 2.24) is 25.0 Å². The van der Waals surface area contributed by atoms with Crippen LogP contribution in [0.3, 0.4) is 0 Å². The first-order valence-corrected chi connectivity index (χ1v) is 12.6. The highest BCUT2D eigenvalue weighted by molar-refractivity contribution is 5.98. The van der Waals surface area contributed by atoms with Crippen molar-refractivity contribution in [3.63, 3.8) is 0 Å². The van der Waals surface area contributed by atoms with Crippen molar-refractivity contribution in [2.75, 3.05) is 18.4 Å². The molecule has 10 nitrogen and oxygen atoms in total. The van der Waals surface area contributed by atoms with E-state index in [9.17, 15) is 14.7 Å². The highest BCUT2D eigenvalue weighted by Crippen LogP contribution is 2.56. The van der Waals surface area contributed by atoms with Crippen molar-refractivity contribution in [2.45, 2.75) is 56.6 Å². The van der Waals surface area contributed by atoms with E-state index < -0.39 is 5.60 Å². The van der Waals surface area contributed by atoms with Gasteiger partial charge in [-0.05, 0) is 55.9 Å². The summed E-state index contributed by atoms with van der Waals surface area (Å²) in [5.41, 5.74) is 1.78. The Hall–Kier alpha value is -3.27. The lowest BCUT2D eigenvalue weighted by Gasteiger charge is -2.58. The predicted molar refractivity (Wildman–Crippen MR) is 125 cm³/mol. The van der Waals surface area contributed by atoms with E-state index in [0.29, 0.717) is 49.2 Å². The molecule has 3 aromatic rings. The van der Waals surface area contributed by atoms with Crippen LogP contribution in [0.2, 0.25) is 0 Å². The third-order valence-electron chi connectivity index (χ3n) is 8.59. The number of ketones is 1. The summed E-state index contributed by atoms with van der Waals surface area (Å²) in [7, 11) is 0. The number of nitrogens with zero attached hydrogens (tertiary/aromatic N) is 4. The zero-order valence-corrected chi connectivity index (χ0v) is 19.4. The number of hydrogen-bond donors (Lipinski definition) is 3. The van der Waals surface area contributed by atoms with E-state index in [2.05, 4.69) is 25.4 Å². The van der Waals surface area contributed by atoms with Gasteiger partial charge >= 0.3 is 0 Å². The maximum atomic E-state index is 12.9. The molecular formula is C25H28N6O4. The first-order valence-electron chi connectivity index (χ1n) is 12.6. The van der Waals surface area contributed by atoms with E-state index in [0.717, 1.165) is 48.8 Å². The average molecular weight is 477 g/mol. The highest BCUT2D eigenvalue weighted by atomic mass is 16.5.